The zero-order valence-electron chi connectivity index (χ0n) is 15.6. The molecule has 0 atom stereocenters. The standard InChI is InChI=1S/C22H19N3O4/c26-22(15-29-18-11-9-17(10-12-18)25(27)28)23-19-6-2-4-8-21(19)24-14-13-16-5-1-3-7-20(16)24/h1-12H,13-15H2,(H,23,26). The van der Waals surface area contributed by atoms with Crippen molar-refractivity contribution in [1.29, 1.82) is 0 Å². The zero-order chi connectivity index (χ0) is 20.2. The number of benzene rings is 3. The monoisotopic (exact) mass is 389 g/mol. The van der Waals surface area contributed by atoms with Gasteiger partial charge in [0.15, 0.2) is 6.61 Å². The number of hydrogen-bond acceptors (Lipinski definition) is 5. The van der Waals surface area contributed by atoms with Crippen molar-refractivity contribution in [1.82, 2.24) is 0 Å². The normalized spacial score (nSPS) is 12.3. The lowest BCUT2D eigenvalue weighted by Crippen LogP contribution is -2.22. The summed E-state index contributed by atoms with van der Waals surface area (Å²) in [7, 11) is 0. The average Bonchev–Trinajstić information content (AvgIpc) is 3.17. The van der Waals surface area contributed by atoms with Crippen LogP contribution in [0.2, 0.25) is 0 Å². The van der Waals surface area contributed by atoms with Crippen LogP contribution >= 0.6 is 0 Å². The highest BCUT2D eigenvalue weighted by Gasteiger charge is 2.22. The lowest BCUT2D eigenvalue weighted by atomic mass is 10.2. The van der Waals surface area contributed by atoms with Crippen LogP contribution in [0.5, 0.6) is 5.75 Å². The minimum Gasteiger partial charge on any atom is -0.484 e. The summed E-state index contributed by atoms with van der Waals surface area (Å²) in [6.07, 6.45) is 0.960. The number of para-hydroxylation sites is 3. The number of anilines is 3. The molecule has 1 N–H and O–H groups in total. The number of hydrogen-bond donors (Lipinski definition) is 1. The Morgan fingerprint density at radius 1 is 1.00 bits per heavy atom. The van der Waals surface area contributed by atoms with E-state index in [1.807, 2.05) is 36.4 Å². The van der Waals surface area contributed by atoms with Crippen LogP contribution in [0, 0.1) is 10.1 Å². The van der Waals surface area contributed by atoms with E-state index in [1.54, 1.807) is 0 Å². The van der Waals surface area contributed by atoms with E-state index in [0.717, 1.165) is 24.3 Å². The van der Waals surface area contributed by atoms with E-state index in [9.17, 15) is 14.9 Å². The molecule has 0 unspecified atom stereocenters. The maximum atomic E-state index is 12.4. The molecule has 1 aliphatic rings. The molecule has 3 aromatic carbocycles. The fraction of sp³-hybridized carbons (Fsp3) is 0.136. The number of nitro benzene ring substituents is 1. The third-order valence-corrected chi connectivity index (χ3v) is 4.77. The predicted octanol–water partition coefficient (Wildman–Crippen LogP) is 4.31. The highest BCUT2D eigenvalue weighted by molar-refractivity contribution is 5.96. The first-order valence-corrected chi connectivity index (χ1v) is 9.23. The lowest BCUT2D eigenvalue weighted by molar-refractivity contribution is -0.384. The van der Waals surface area contributed by atoms with Crippen LogP contribution in [0.4, 0.5) is 22.7 Å². The van der Waals surface area contributed by atoms with Crippen LogP contribution in [0.3, 0.4) is 0 Å². The second-order valence-electron chi connectivity index (χ2n) is 6.64. The van der Waals surface area contributed by atoms with Crippen LogP contribution in [-0.4, -0.2) is 24.0 Å². The molecule has 7 nitrogen and oxygen atoms in total. The topological polar surface area (TPSA) is 84.7 Å². The fourth-order valence-electron chi connectivity index (χ4n) is 3.40. The number of nitrogens with one attached hydrogen (secondary N) is 1. The highest BCUT2D eigenvalue weighted by Crippen LogP contribution is 2.38. The third kappa shape index (κ3) is 4.03. The first kappa shape index (κ1) is 18.5. The van der Waals surface area contributed by atoms with Gasteiger partial charge in [0.2, 0.25) is 0 Å². The average molecular weight is 389 g/mol. The highest BCUT2D eigenvalue weighted by atomic mass is 16.6. The van der Waals surface area contributed by atoms with Gasteiger partial charge in [-0.25, -0.2) is 0 Å². The second kappa shape index (κ2) is 8.02. The number of carbonyl (C=O) groups excluding carboxylic acids is 1. The van der Waals surface area contributed by atoms with Gasteiger partial charge >= 0.3 is 0 Å². The smallest absolute Gasteiger partial charge is 0.269 e. The molecule has 3 aromatic rings. The number of nitrogens with zero attached hydrogens (tertiary/aromatic N) is 2. The van der Waals surface area contributed by atoms with Gasteiger partial charge in [0.05, 0.1) is 16.3 Å². The maximum absolute atomic E-state index is 12.4. The SMILES string of the molecule is O=C(COc1ccc([N+](=O)[O-])cc1)Nc1ccccc1N1CCc2ccccc21. The number of non-ortho nitro benzene ring substituents is 1. The van der Waals surface area contributed by atoms with Crippen molar-refractivity contribution in [3.05, 3.63) is 88.5 Å². The third-order valence-electron chi connectivity index (χ3n) is 4.77. The molecule has 4 rings (SSSR count). The molecule has 0 spiro atoms. The van der Waals surface area contributed by atoms with Crippen LogP contribution < -0.4 is 15.0 Å². The lowest BCUT2D eigenvalue weighted by Gasteiger charge is -2.23. The number of nitro groups is 1. The quantitative estimate of drug-likeness (QED) is 0.502. The first-order chi connectivity index (χ1) is 14.1. The van der Waals surface area contributed by atoms with Crippen molar-refractivity contribution in [3.8, 4) is 5.75 Å². The first-order valence-electron chi connectivity index (χ1n) is 9.23. The molecule has 0 radical (unpaired) electrons. The minimum absolute atomic E-state index is 0.0263. The van der Waals surface area contributed by atoms with E-state index in [1.165, 1.54) is 29.8 Å². The second-order valence-corrected chi connectivity index (χ2v) is 6.64. The summed E-state index contributed by atoms with van der Waals surface area (Å²) in [6, 6.07) is 21.5. The molecule has 1 amide bonds. The fourth-order valence-corrected chi connectivity index (χ4v) is 3.40. The Balaban J connectivity index is 1.44. The molecular weight excluding hydrogens is 370 g/mol. The molecule has 1 heterocycles. The molecule has 1 aliphatic heterocycles. The van der Waals surface area contributed by atoms with Gasteiger partial charge in [0.1, 0.15) is 5.75 Å². The summed E-state index contributed by atoms with van der Waals surface area (Å²) in [4.78, 5) is 24.8. The van der Waals surface area contributed by atoms with Crippen molar-refractivity contribution in [2.24, 2.45) is 0 Å². The van der Waals surface area contributed by atoms with Crippen molar-refractivity contribution >= 4 is 28.7 Å². The van der Waals surface area contributed by atoms with Gasteiger partial charge in [-0.15, -0.1) is 0 Å². The molecular formula is C22H19N3O4. The Hall–Kier alpha value is -3.87. The predicted molar refractivity (Wildman–Crippen MR) is 111 cm³/mol. The van der Waals surface area contributed by atoms with E-state index in [-0.39, 0.29) is 18.2 Å². The van der Waals surface area contributed by atoms with Crippen LogP contribution in [0.15, 0.2) is 72.8 Å². The van der Waals surface area contributed by atoms with E-state index >= 15 is 0 Å². The molecule has 0 fully saturated rings. The number of ether oxygens (including phenoxy) is 1. The summed E-state index contributed by atoms with van der Waals surface area (Å²) in [5.41, 5.74) is 4.05. The summed E-state index contributed by atoms with van der Waals surface area (Å²) in [5.74, 6) is 0.0933. The molecule has 0 saturated carbocycles. The Labute approximate surface area is 167 Å². The molecule has 146 valence electrons. The van der Waals surface area contributed by atoms with Crippen molar-refractivity contribution in [2.45, 2.75) is 6.42 Å². The minimum atomic E-state index is -0.482. The maximum Gasteiger partial charge on any atom is 0.269 e. The van der Waals surface area contributed by atoms with Gasteiger partial charge in [-0.2, -0.15) is 0 Å². The number of rotatable bonds is 6. The number of fused-ring (bicyclic) bond motifs is 1. The van der Waals surface area contributed by atoms with Crippen molar-refractivity contribution < 1.29 is 14.5 Å². The van der Waals surface area contributed by atoms with Gasteiger partial charge in [0, 0.05) is 24.4 Å². The molecule has 0 aliphatic carbocycles. The number of amides is 1. The van der Waals surface area contributed by atoms with E-state index in [4.69, 9.17) is 4.74 Å². The summed E-state index contributed by atoms with van der Waals surface area (Å²) < 4.78 is 5.45. The summed E-state index contributed by atoms with van der Waals surface area (Å²) >= 11 is 0. The summed E-state index contributed by atoms with van der Waals surface area (Å²) in [6.45, 7) is 0.661. The van der Waals surface area contributed by atoms with E-state index in [2.05, 4.69) is 22.3 Å². The Kier molecular flexibility index (Phi) is 5.11. The molecule has 0 saturated heterocycles. The van der Waals surface area contributed by atoms with E-state index < -0.39 is 4.92 Å². The van der Waals surface area contributed by atoms with Crippen molar-refractivity contribution in [2.75, 3.05) is 23.4 Å². The van der Waals surface area contributed by atoms with Gasteiger partial charge in [0.25, 0.3) is 11.6 Å². The Morgan fingerprint density at radius 2 is 1.69 bits per heavy atom. The Morgan fingerprint density at radius 3 is 2.45 bits per heavy atom. The van der Waals surface area contributed by atoms with Gasteiger partial charge in [-0.1, -0.05) is 30.3 Å². The largest absolute Gasteiger partial charge is 0.484 e. The van der Waals surface area contributed by atoms with Crippen LogP contribution in [0.1, 0.15) is 5.56 Å². The van der Waals surface area contributed by atoms with Gasteiger partial charge in [-0.05, 0) is 42.3 Å². The van der Waals surface area contributed by atoms with Crippen LogP contribution in [0.25, 0.3) is 0 Å². The zero-order valence-corrected chi connectivity index (χ0v) is 15.6. The van der Waals surface area contributed by atoms with E-state index in [0.29, 0.717) is 11.4 Å². The molecule has 0 aromatic heterocycles. The molecule has 29 heavy (non-hydrogen) atoms. The Bertz CT molecular complexity index is 1050. The summed E-state index contributed by atoms with van der Waals surface area (Å²) in [5, 5.41) is 13.6. The van der Waals surface area contributed by atoms with Gasteiger partial charge in [-0.3, -0.25) is 14.9 Å². The molecule has 0 bridgehead atoms. The molecule has 7 heteroatoms. The number of carbonyl (C=O) groups is 1. The van der Waals surface area contributed by atoms with Gasteiger partial charge < -0.3 is 15.0 Å². The van der Waals surface area contributed by atoms with Crippen molar-refractivity contribution in [3.63, 3.8) is 0 Å². The van der Waals surface area contributed by atoms with Crippen LogP contribution in [-0.2, 0) is 11.2 Å².